The molecule has 3 aliphatic heterocycles. The Morgan fingerprint density at radius 1 is 0.365 bits per heavy atom. The Balaban J connectivity index is 1.52. The van der Waals surface area contributed by atoms with Gasteiger partial charge in [0.1, 0.15) is 34.9 Å². The molecule has 0 amide bonds. The Morgan fingerprint density at radius 3 is 0.778 bits per heavy atom. The summed E-state index contributed by atoms with van der Waals surface area (Å²) in [7, 11) is 0. The van der Waals surface area contributed by atoms with Crippen LogP contribution in [0.4, 0.5) is 65.9 Å². The first kappa shape index (κ1) is 43.2. The smallest absolute Gasteiger partial charge is 0.226 e. The minimum Gasteiger partial charge on any atom is -0.226 e. The monoisotopic (exact) mass is 894 g/mol. The van der Waals surface area contributed by atoms with Crippen molar-refractivity contribution in [3.05, 3.63) is 137 Å². The molecule has 0 spiro atoms. The fraction of sp³-hybridized carbons (Fsp3) is 0.167. The number of hydrogen-bond acceptors (Lipinski definition) is 12. The van der Waals surface area contributed by atoms with Gasteiger partial charge in [0.05, 0.1) is 60.0 Å². The largest absolute Gasteiger partial charge is 0.417 e. The highest BCUT2D eigenvalue weighted by atomic mass is 19.4. The van der Waals surface area contributed by atoms with E-state index in [4.69, 9.17) is 0 Å². The van der Waals surface area contributed by atoms with Crippen molar-refractivity contribution in [1.82, 2.24) is 15.0 Å². The minimum atomic E-state index is -5.58. The standard InChI is InChI=1S/C36H9F15N12/c1-11-2-20-21(3-15(11)32(37,38)39)56-26(55-20)12(8-52)29-61-30(13(9-53)27-57-22-4-16(33(40,41)42)17(34(43,44)45)5-23(22)58-27)63-31(62-29)14(10-54)28-59-24-6-18(35(46,47)48)19(36(49,50)51)7-25(24)60-28/h2-7H,1H3/b26-12-. The van der Waals surface area contributed by atoms with E-state index in [1.54, 1.807) is 6.07 Å². The van der Waals surface area contributed by atoms with Crippen LogP contribution >= 0.6 is 0 Å². The summed E-state index contributed by atoms with van der Waals surface area (Å²) >= 11 is 0. The number of nitrogens with zero attached hydrogens (tertiary/aromatic N) is 12. The molecule has 4 aromatic rings. The molecule has 63 heavy (non-hydrogen) atoms. The third-order valence-electron chi connectivity index (χ3n) is 8.75. The van der Waals surface area contributed by atoms with Gasteiger partial charge in [-0.15, -0.1) is 0 Å². The highest BCUT2D eigenvalue weighted by Gasteiger charge is 2.45. The molecule has 0 saturated heterocycles. The van der Waals surface area contributed by atoms with Gasteiger partial charge in [0, 0.05) is 0 Å². The Hall–Kier alpha value is -7.89. The van der Waals surface area contributed by atoms with Gasteiger partial charge in [0.2, 0.25) is 0 Å². The van der Waals surface area contributed by atoms with Crippen LogP contribution in [0.1, 0.15) is 50.9 Å². The van der Waals surface area contributed by atoms with Gasteiger partial charge < -0.3 is 0 Å². The molecular weight excluding hydrogens is 885 g/mol. The van der Waals surface area contributed by atoms with Gasteiger partial charge in [0.25, 0.3) is 0 Å². The van der Waals surface area contributed by atoms with Crippen LogP contribution in [0.2, 0.25) is 0 Å². The second kappa shape index (κ2) is 14.4. The molecule has 4 heterocycles. The number of fused-ring (bicyclic) bond motifs is 3. The quantitative estimate of drug-likeness (QED) is 0.187. The summed E-state index contributed by atoms with van der Waals surface area (Å²) < 4.78 is 205. The lowest BCUT2D eigenvalue weighted by Gasteiger charge is -2.14. The molecule has 0 aliphatic carbocycles. The highest BCUT2D eigenvalue weighted by molar-refractivity contribution is 5.82. The van der Waals surface area contributed by atoms with E-state index in [1.165, 1.54) is 12.1 Å². The van der Waals surface area contributed by atoms with E-state index >= 15 is 0 Å². The van der Waals surface area contributed by atoms with Crippen molar-refractivity contribution in [2.45, 2.75) is 37.8 Å². The number of hydrogen-bond donors (Lipinski definition) is 0. The highest BCUT2D eigenvalue weighted by Crippen LogP contribution is 2.41. The maximum atomic E-state index is 13.7. The molecule has 0 radical (unpaired) electrons. The first-order chi connectivity index (χ1) is 29.1. The van der Waals surface area contributed by atoms with E-state index in [9.17, 15) is 81.6 Å². The summed E-state index contributed by atoms with van der Waals surface area (Å²) in [6, 6.07) is 5.96. The fourth-order valence-corrected chi connectivity index (χ4v) is 6.02. The van der Waals surface area contributed by atoms with Crippen LogP contribution in [0, 0.1) is 40.9 Å². The van der Waals surface area contributed by atoms with Crippen LogP contribution in [-0.4, -0.2) is 15.0 Å². The van der Waals surface area contributed by atoms with Crippen LogP contribution in [0.25, 0.3) is 16.7 Å². The van der Waals surface area contributed by atoms with Gasteiger partial charge in [-0.3, -0.25) is 0 Å². The number of rotatable bonds is 3. The van der Waals surface area contributed by atoms with E-state index in [0.29, 0.717) is 6.07 Å². The maximum Gasteiger partial charge on any atom is 0.417 e. The molecule has 0 N–H and O–H groups in total. The third kappa shape index (κ3) is 7.93. The van der Waals surface area contributed by atoms with E-state index in [2.05, 4.69) is 44.9 Å². The van der Waals surface area contributed by atoms with E-state index in [-0.39, 0.29) is 35.2 Å². The molecule has 1 aromatic heterocycles. The molecule has 0 atom stereocenters. The zero-order valence-corrected chi connectivity index (χ0v) is 30.0. The number of benzene rings is 3. The molecule has 0 unspecified atom stereocenters. The summed E-state index contributed by atoms with van der Waals surface area (Å²) in [5.41, 5.74) is -13.1. The molecule has 0 fully saturated rings. The molecule has 0 saturated carbocycles. The van der Waals surface area contributed by atoms with Gasteiger partial charge in [-0.2, -0.15) is 81.6 Å². The first-order valence-corrected chi connectivity index (χ1v) is 16.5. The predicted octanol–water partition coefficient (Wildman–Crippen LogP) is 5.71. The molecular formula is C36H9F15N12. The summed E-state index contributed by atoms with van der Waals surface area (Å²) in [5.74, 6) is -5.62. The topological polar surface area (TPSA) is 184 Å². The van der Waals surface area contributed by atoms with Crippen molar-refractivity contribution in [2.24, 2.45) is 30.0 Å². The third-order valence-corrected chi connectivity index (χ3v) is 8.75. The van der Waals surface area contributed by atoms with Crippen LogP contribution in [-0.2, 0) is 30.9 Å². The van der Waals surface area contributed by atoms with Crippen molar-refractivity contribution < 1.29 is 65.9 Å². The fourth-order valence-electron chi connectivity index (χ4n) is 6.02. The van der Waals surface area contributed by atoms with Crippen molar-refractivity contribution in [3.63, 3.8) is 0 Å². The predicted molar refractivity (Wildman–Crippen MR) is 173 cm³/mol. The van der Waals surface area contributed by atoms with Crippen molar-refractivity contribution in [3.8, 4) is 18.2 Å². The van der Waals surface area contributed by atoms with E-state index < -0.39 is 137 Å². The van der Waals surface area contributed by atoms with Crippen LogP contribution in [0.3, 0.4) is 0 Å². The van der Waals surface area contributed by atoms with Gasteiger partial charge in [-0.05, 0) is 48.9 Å². The van der Waals surface area contributed by atoms with Gasteiger partial charge in [-0.1, -0.05) is 0 Å². The van der Waals surface area contributed by atoms with E-state index in [1.807, 2.05) is 0 Å². The van der Waals surface area contributed by atoms with Gasteiger partial charge in [-0.25, -0.2) is 44.9 Å². The molecule has 3 aliphatic rings. The van der Waals surface area contributed by atoms with Crippen molar-refractivity contribution in [1.29, 1.82) is 15.8 Å². The van der Waals surface area contributed by atoms with Gasteiger partial charge in [0.15, 0.2) is 34.9 Å². The Morgan fingerprint density at radius 2 is 0.571 bits per heavy atom. The average Bonchev–Trinajstić information content (AvgIpc) is 3.88. The lowest BCUT2D eigenvalue weighted by molar-refractivity contribution is -0.162. The summed E-state index contributed by atoms with van der Waals surface area (Å²) in [6.07, 6.45) is -27.2. The molecule has 0 bridgehead atoms. The van der Waals surface area contributed by atoms with Crippen LogP contribution < -0.4 is 32.1 Å². The van der Waals surface area contributed by atoms with Crippen molar-refractivity contribution >= 4 is 16.7 Å². The molecule has 12 nitrogen and oxygen atoms in total. The SMILES string of the molecule is Cc1cc2c(cc1C(F)(F)F)=N/C(=C(/C#N)c1nc(C(C#N)=C3N=c4cc(C(F)(F)F)c(C(F)(F)F)cc4=N3)nc(C(C#N)=C3N=c4cc(C(F)(F)F)c(C(F)(F)F)cc4=N3)n1)N=2. The number of halogens is 15. The summed E-state index contributed by atoms with van der Waals surface area (Å²) in [4.78, 5) is 34.5. The Kier molecular flexibility index (Phi) is 9.85. The zero-order chi connectivity index (χ0) is 46.4. The second-order valence-corrected chi connectivity index (χ2v) is 12.8. The zero-order valence-electron chi connectivity index (χ0n) is 30.0. The number of allylic oxidation sites excluding steroid dienone is 3. The normalized spacial score (nSPS) is 15.2. The number of nitriles is 3. The van der Waals surface area contributed by atoms with E-state index in [0.717, 1.165) is 13.0 Å². The molecule has 318 valence electrons. The summed E-state index contributed by atoms with van der Waals surface area (Å²) in [6.45, 7) is 1.08. The first-order valence-electron chi connectivity index (χ1n) is 16.5. The average molecular weight is 895 g/mol. The Bertz CT molecular complexity index is 3100. The second-order valence-electron chi connectivity index (χ2n) is 12.8. The Labute approximate surface area is 336 Å². The summed E-state index contributed by atoms with van der Waals surface area (Å²) in [5, 5.41) is 26.7. The molecule has 3 aromatic carbocycles. The number of alkyl halides is 15. The molecule has 27 heteroatoms. The minimum absolute atomic E-state index is 0.0217. The number of aromatic nitrogens is 3. The number of aryl methyl sites for hydroxylation is 1. The maximum absolute atomic E-state index is 13.7. The lowest BCUT2D eigenvalue weighted by atomic mass is 10.1. The lowest BCUT2D eigenvalue weighted by Crippen LogP contribution is -2.29. The van der Waals surface area contributed by atoms with Crippen LogP contribution in [0.5, 0.6) is 0 Å². The van der Waals surface area contributed by atoms with Gasteiger partial charge >= 0.3 is 30.9 Å². The van der Waals surface area contributed by atoms with Crippen LogP contribution in [0.15, 0.2) is 83.8 Å². The molecule has 7 rings (SSSR count). The van der Waals surface area contributed by atoms with Crippen molar-refractivity contribution in [2.75, 3.05) is 0 Å².